The lowest BCUT2D eigenvalue weighted by Crippen LogP contribution is -2.34. The van der Waals surface area contributed by atoms with E-state index in [-0.39, 0.29) is 5.56 Å². The molecule has 1 aromatic rings. The van der Waals surface area contributed by atoms with Crippen LogP contribution >= 0.6 is 0 Å². The largest absolute Gasteiger partial charge is 0.478 e. The number of carboxylic acid groups (broad SMARTS) is 1. The van der Waals surface area contributed by atoms with Crippen molar-refractivity contribution >= 4 is 17.5 Å². The van der Waals surface area contributed by atoms with Gasteiger partial charge in [0.05, 0.1) is 11.9 Å². The lowest BCUT2D eigenvalue weighted by Gasteiger charge is -2.26. The second-order valence-corrected chi connectivity index (χ2v) is 4.74. The van der Waals surface area contributed by atoms with Gasteiger partial charge in [-0.1, -0.05) is 6.92 Å². The highest BCUT2D eigenvalue weighted by molar-refractivity contribution is 5.94. The molecule has 3 N–H and O–H groups in total. The number of likely N-dealkylation sites (N-methyl/N-ethyl adjacent to an activating group) is 1. The third-order valence-electron chi connectivity index (χ3n) is 2.73. The molecule has 1 aromatic heterocycles. The molecule has 0 aliphatic heterocycles. The van der Waals surface area contributed by atoms with E-state index in [4.69, 9.17) is 5.73 Å². The molecule has 19 heavy (non-hydrogen) atoms. The quantitative estimate of drug-likeness (QED) is 0.770. The van der Waals surface area contributed by atoms with Crippen LogP contribution in [0.5, 0.6) is 0 Å². The van der Waals surface area contributed by atoms with E-state index >= 15 is 0 Å². The minimum Gasteiger partial charge on any atom is -0.478 e. The summed E-state index contributed by atoms with van der Waals surface area (Å²) in [4.78, 5) is 19.5. The minimum absolute atomic E-state index is 0.159. The van der Waals surface area contributed by atoms with Gasteiger partial charge in [0.15, 0.2) is 0 Å². The number of carbonyl (C=O) groups is 1. The highest BCUT2D eigenvalue weighted by Gasteiger charge is 2.17. The molecule has 1 rings (SSSR count). The van der Waals surface area contributed by atoms with Crippen molar-refractivity contribution in [3.05, 3.63) is 17.8 Å². The van der Waals surface area contributed by atoms with Crippen molar-refractivity contribution < 1.29 is 9.90 Å². The van der Waals surface area contributed by atoms with Crippen LogP contribution in [-0.2, 0) is 0 Å². The summed E-state index contributed by atoms with van der Waals surface area (Å²) >= 11 is 0. The molecule has 6 heteroatoms. The molecule has 106 valence electrons. The van der Waals surface area contributed by atoms with E-state index in [1.165, 1.54) is 12.3 Å². The predicted molar refractivity (Wildman–Crippen MR) is 76.7 cm³/mol. The predicted octanol–water partition coefficient (Wildman–Crippen LogP) is 1.14. The van der Waals surface area contributed by atoms with Crippen LogP contribution in [0.3, 0.4) is 0 Å². The van der Waals surface area contributed by atoms with Gasteiger partial charge < -0.3 is 20.6 Å². The molecule has 0 spiro atoms. The molecular formula is C13H22N4O2. The van der Waals surface area contributed by atoms with Gasteiger partial charge in [0.25, 0.3) is 0 Å². The second-order valence-electron chi connectivity index (χ2n) is 4.74. The molecule has 6 nitrogen and oxygen atoms in total. The van der Waals surface area contributed by atoms with Gasteiger partial charge in [0, 0.05) is 19.6 Å². The molecule has 0 bridgehead atoms. The number of carboxylic acids is 1. The van der Waals surface area contributed by atoms with Crippen LogP contribution in [0, 0.1) is 0 Å². The van der Waals surface area contributed by atoms with Crippen molar-refractivity contribution in [3.63, 3.8) is 0 Å². The van der Waals surface area contributed by atoms with Gasteiger partial charge in [-0.05, 0) is 26.6 Å². The molecule has 0 saturated heterocycles. The van der Waals surface area contributed by atoms with E-state index in [9.17, 15) is 9.90 Å². The zero-order valence-electron chi connectivity index (χ0n) is 11.8. The molecule has 0 unspecified atom stereocenters. The molecule has 0 aliphatic rings. The Kier molecular flexibility index (Phi) is 5.57. The number of pyridine rings is 1. The second kappa shape index (κ2) is 6.94. The fourth-order valence-electron chi connectivity index (χ4n) is 1.80. The molecule has 0 radical (unpaired) electrons. The summed E-state index contributed by atoms with van der Waals surface area (Å²) in [6.45, 7) is 4.40. The number of anilines is 2. The molecular weight excluding hydrogens is 244 g/mol. The zero-order chi connectivity index (χ0) is 14.4. The van der Waals surface area contributed by atoms with Crippen LogP contribution in [0.1, 0.15) is 23.7 Å². The van der Waals surface area contributed by atoms with Gasteiger partial charge in [0.2, 0.25) is 0 Å². The maximum Gasteiger partial charge on any atom is 0.339 e. The zero-order valence-corrected chi connectivity index (χ0v) is 11.8. The maximum absolute atomic E-state index is 11.3. The lowest BCUT2D eigenvalue weighted by molar-refractivity contribution is 0.0697. The molecule has 0 aromatic carbocycles. The highest BCUT2D eigenvalue weighted by atomic mass is 16.4. The molecule has 0 fully saturated rings. The Balaban J connectivity index is 3.03. The summed E-state index contributed by atoms with van der Waals surface area (Å²) in [5.74, 6) is -0.508. The lowest BCUT2D eigenvalue weighted by atomic mass is 10.2. The number of nitrogen functional groups attached to an aromatic ring is 1. The molecule has 1 heterocycles. The number of rotatable bonds is 7. The van der Waals surface area contributed by atoms with Crippen LogP contribution < -0.4 is 10.6 Å². The van der Waals surface area contributed by atoms with E-state index in [1.807, 2.05) is 19.0 Å². The third kappa shape index (κ3) is 4.40. The van der Waals surface area contributed by atoms with Crippen molar-refractivity contribution in [2.75, 3.05) is 44.4 Å². The van der Waals surface area contributed by atoms with Crippen LogP contribution in [0.4, 0.5) is 11.5 Å². The topological polar surface area (TPSA) is 82.7 Å². The molecule has 0 amide bonds. The summed E-state index contributed by atoms with van der Waals surface area (Å²) < 4.78 is 0. The number of aromatic nitrogens is 1. The maximum atomic E-state index is 11.3. The molecule has 0 saturated carbocycles. The Morgan fingerprint density at radius 2 is 2.05 bits per heavy atom. The van der Waals surface area contributed by atoms with Crippen LogP contribution in [0.15, 0.2) is 12.3 Å². The summed E-state index contributed by atoms with van der Waals surface area (Å²) in [5, 5.41) is 9.25. The van der Waals surface area contributed by atoms with Crippen LogP contribution in [0.25, 0.3) is 0 Å². The first-order valence-corrected chi connectivity index (χ1v) is 6.34. The fourth-order valence-corrected chi connectivity index (χ4v) is 1.80. The van der Waals surface area contributed by atoms with Gasteiger partial charge in [0.1, 0.15) is 11.4 Å². The Morgan fingerprint density at radius 3 is 2.58 bits per heavy atom. The molecule has 0 atom stereocenters. The third-order valence-corrected chi connectivity index (χ3v) is 2.73. The minimum atomic E-state index is -0.999. The fraction of sp³-hybridized carbons (Fsp3) is 0.538. The summed E-state index contributed by atoms with van der Waals surface area (Å²) in [5.41, 5.74) is 6.13. The number of nitrogens with two attached hydrogens (primary N) is 1. The van der Waals surface area contributed by atoms with Gasteiger partial charge in [-0.2, -0.15) is 0 Å². The van der Waals surface area contributed by atoms with E-state index in [0.717, 1.165) is 26.1 Å². The average molecular weight is 266 g/mol. The van der Waals surface area contributed by atoms with E-state index in [1.54, 1.807) is 0 Å². The van der Waals surface area contributed by atoms with E-state index < -0.39 is 5.97 Å². The summed E-state index contributed by atoms with van der Waals surface area (Å²) in [6.07, 6.45) is 2.43. The van der Waals surface area contributed by atoms with E-state index in [0.29, 0.717) is 11.5 Å². The van der Waals surface area contributed by atoms with Gasteiger partial charge in [-0.3, -0.25) is 0 Å². The SMILES string of the molecule is CCCN(CCN(C)C)c1ncc(N)cc1C(=O)O. The standard InChI is InChI=1S/C13H22N4O2/c1-4-5-17(7-6-16(2)3)12-11(13(18)19)8-10(14)9-15-12/h8-9H,4-7,14H2,1-3H3,(H,18,19). The number of hydrogen-bond acceptors (Lipinski definition) is 5. The van der Waals surface area contributed by atoms with Crippen molar-refractivity contribution in [1.29, 1.82) is 0 Å². The highest BCUT2D eigenvalue weighted by Crippen LogP contribution is 2.20. The first-order chi connectivity index (χ1) is 8.95. The van der Waals surface area contributed by atoms with Crippen molar-refractivity contribution in [1.82, 2.24) is 9.88 Å². The Hall–Kier alpha value is -1.82. The Labute approximate surface area is 113 Å². The number of nitrogens with zero attached hydrogens (tertiary/aromatic N) is 3. The van der Waals surface area contributed by atoms with Gasteiger partial charge in [-0.25, -0.2) is 9.78 Å². The van der Waals surface area contributed by atoms with Crippen molar-refractivity contribution in [2.24, 2.45) is 0 Å². The monoisotopic (exact) mass is 266 g/mol. The van der Waals surface area contributed by atoms with Crippen LogP contribution in [0.2, 0.25) is 0 Å². The number of aromatic carboxylic acids is 1. The summed E-state index contributed by atoms with van der Waals surface area (Å²) in [6, 6.07) is 1.46. The Morgan fingerprint density at radius 1 is 1.37 bits per heavy atom. The molecule has 0 aliphatic carbocycles. The van der Waals surface area contributed by atoms with Gasteiger partial charge in [-0.15, -0.1) is 0 Å². The average Bonchev–Trinajstić information content (AvgIpc) is 2.34. The first-order valence-electron chi connectivity index (χ1n) is 6.34. The van der Waals surface area contributed by atoms with Crippen molar-refractivity contribution in [2.45, 2.75) is 13.3 Å². The smallest absolute Gasteiger partial charge is 0.339 e. The van der Waals surface area contributed by atoms with Crippen molar-refractivity contribution in [3.8, 4) is 0 Å². The first kappa shape index (κ1) is 15.2. The van der Waals surface area contributed by atoms with Crippen LogP contribution in [-0.4, -0.2) is 54.7 Å². The normalized spacial score (nSPS) is 10.7. The van der Waals surface area contributed by atoms with E-state index in [2.05, 4.69) is 16.8 Å². The Bertz CT molecular complexity index is 435. The number of hydrogen-bond donors (Lipinski definition) is 2. The summed E-state index contributed by atoms with van der Waals surface area (Å²) in [7, 11) is 3.97. The van der Waals surface area contributed by atoms with Gasteiger partial charge >= 0.3 is 5.97 Å².